The highest BCUT2D eigenvalue weighted by molar-refractivity contribution is 5.80. The molecule has 0 spiro atoms. The van der Waals surface area contributed by atoms with Gasteiger partial charge in [-0.15, -0.1) is 0 Å². The molecular weight excluding hydrogens is 202 g/mol. The van der Waals surface area contributed by atoms with E-state index in [4.69, 9.17) is 0 Å². The molecule has 16 heavy (non-hydrogen) atoms. The zero-order valence-corrected chi connectivity index (χ0v) is 10.4. The van der Waals surface area contributed by atoms with Crippen molar-refractivity contribution in [3.05, 3.63) is 18.0 Å². The highest BCUT2D eigenvalue weighted by Crippen LogP contribution is 2.08. The fourth-order valence-electron chi connectivity index (χ4n) is 1.53. The molecule has 0 fully saturated rings. The lowest BCUT2D eigenvalue weighted by Gasteiger charge is -2.15. The zero-order valence-electron chi connectivity index (χ0n) is 10.4. The number of nitrogens with zero attached hydrogens (tertiary/aromatic N) is 3. The summed E-state index contributed by atoms with van der Waals surface area (Å²) in [4.78, 5) is 21.2. The van der Waals surface area contributed by atoms with Gasteiger partial charge in [0.2, 0.25) is 5.95 Å². The third-order valence-corrected chi connectivity index (χ3v) is 2.14. The Balaban J connectivity index is 2.66. The topological polar surface area (TPSA) is 46.1 Å². The number of carbonyl (C=O) groups is 1. The number of aromatic nitrogens is 2. The summed E-state index contributed by atoms with van der Waals surface area (Å²) in [5.74, 6) is 1.31. The van der Waals surface area contributed by atoms with Crippen molar-refractivity contribution in [3.8, 4) is 0 Å². The first-order chi connectivity index (χ1) is 7.49. The summed E-state index contributed by atoms with van der Waals surface area (Å²) in [5.41, 5.74) is 1.13. The van der Waals surface area contributed by atoms with Crippen molar-refractivity contribution in [1.29, 1.82) is 0 Å². The third kappa shape index (κ3) is 3.96. The largest absolute Gasteiger partial charge is 0.337 e. The Hall–Kier alpha value is -1.45. The number of ketones is 1. The van der Waals surface area contributed by atoms with Crippen LogP contribution in [0.3, 0.4) is 0 Å². The van der Waals surface area contributed by atoms with Gasteiger partial charge < -0.3 is 4.90 Å². The highest BCUT2D eigenvalue weighted by atomic mass is 16.1. The Bertz CT molecular complexity index is 346. The van der Waals surface area contributed by atoms with Gasteiger partial charge in [-0.05, 0) is 24.8 Å². The van der Waals surface area contributed by atoms with E-state index in [2.05, 4.69) is 23.8 Å². The average molecular weight is 221 g/mol. The molecule has 1 rings (SSSR count). The number of carbonyl (C=O) groups excluding carboxylic acids is 1. The molecule has 0 aliphatic carbocycles. The van der Waals surface area contributed by atoms with Crippen molar-refractivity contribution in [2.24, 2.45) is 5.92 Å². The molecule has 0 atom stereocenters. The second kappa shape index (κ2) is 5.58. The average Bonchev–Trinajstić information content (AvgIpc) is 2.16. The first-order valence-corrected chi connectivity index (χ1v) is 5.50. The van der Waals surface area contributed by atoms with Gasteiger partial charge in [-0.25, -0.2) is 9.97 Å². The molecule has 0 unspecified atom stereocenters. The summed E-state index contributed by atoms with van der Waals surface area (Å²) in [7, 11) is 1.82. The van der Waals surface area contributed by atoms with Crippen molar-refractivity contribution in [2.45, 2.75) is 27.2 Å². The van der Waals surface area contributed by atoms with E-state index >= 15 is 0 Å². The lowest BCUT2D eigenvalue weighted by Crippen LogP contribution is -2.25. The van der Waals surface area contributed by atoms with E-state index in [9.17, 15) is 4.79 Å². The predicted molar refractivity (Wildman–Crippen MR) is 64.5 cm³/mol. The molecule has 1 aromatic heterocycles. The minimum Gasteiger partial charge on any atom is -0.337 e. The van der Waals surface area contributed by atoms with Gasteiger partial charge in [0.05, 0.1) is 6.54 Å². The molecule has 0 aliphatic heterocycles. The molecule has 0 bridgehead atoms. The quantitative estimate of drug-likeness (QED) is 0.759. The van der Waals surface area contributed by atoms with Gasteiger partial charge in [0.25, 0.3) is 0 Å². The molecule has 0 aromatic carbocycles. The van der Waals surface area contributed by atoms with Crippen LogP contribution in [0.5, 0.6) is 0 Å². The maximum atomic E-state index is 10.9. The molecule has 88 valence electrons. The van der Waals surface area contributed by atoms with Crippen LogP contribution in [0.1, 0.15) is 26.3 Å². The third-order valence-electron chi connectivity index (χ3n) is 2.14. The van der Waals surface area contributed by atoms with E-state index in [-0.39, 0.29) is 5.78 Å². The lowest BCUT2D eigenvalue weighted by atomic mass is 10.1. The number of Topliss-reactive ketones (excluding diaryl/α,β-unsaturated/α-hetero) is 1. The summed E-state index contributed by atoms with van der Waals surface area (Å²) in [6.45, 7) is 6.23. The van der Waals surface area contributed by atoms with Crippen LogP contribution in [0.15, 0.2) is 12.4 Å². The van der Waals surface area contributed by atoms with Gasteiger partial charge >= 0.3 is 0 Å². The smallest absolute Gasteiger partial charge is 0.225 e. The van der Waals surface area contributed by atoms with Gasteiger partial charge in [0, 0.05) is 19.4 Å². The van der Waals surface area contributed by atoms with Crippen LogP contribution in [0.25, 0.3) is 0 Å². The second-order valence-electron chi connectivity index (χ2n) is 4.55. The van der Waals surface area contributed by atoms with Gasteiger partial charge in [0.15, 0.2) is 0 Å². The van der Waals surface area contributed by atoms with Gasteiger partial charge in [-0.1, -0.05) is 13.8 Å². The summed E-state index contributed by atoms with van der Waals surface area (Å²) < 4.78 is 0. The Labute approximate surface area is 96.7 Å². The number of anilines is 1. The second-order valence-corrected chi connectivity index (χ2v) is 4.55. The van der Waals surface area contributed by atoms with Crippen LogP contribution >= 0.6 is 0 Å². The maximum Gasteiger partial charge on any atom is 0.225 e. The zero-order chi connectivity index (χ0) is 12.1. The Morgan fingerprint density at radius 2 is 1.94 bits per heavy atom. The first-order valence-electron chi connectivity index (χ1n) is 5.50. The van der Waals surface area contributed by atoms with Crippen molar-refractivity contribution in [1.82, 2.24) is 9.97 Å². The van der Waals surface area contributed by atoms with E-state index in [0.717, 1.165) is 12.0 Å². The first kappa shape index (κ1) is 12.6. The molecule has 0 aliphatic rings. The van der Waals surface area contributed by atoms with Crippen LogP contribution < -0.4 is 4.90 Å². The van der Waals surface area contributed by atoms with Gasteiger partial charge in [-0.2, -0.15) is 0 Å². The fourth-order valence-corrected chi connectivity index (χ4v) is 1.53. The van der Waals surface area contributed by atoms with Crippen molar-refractivity contribution in [2.75, 3.05) is 18.5 Å². The SMILES string of the molecule is CC(=O)CN(C)c1ncc(CC(C)C)cn1. The molecule has 1 heterocycles. The van der Waals surface area contributed by atoms with Crippen LogP contribution in [-0.2, 0) is 11.2 Å². The molecule has 0 saturated carbocycles. The Morgan fingerprint density at radius 3 is 2.38 bits per heavy atom. The lowest BCUT2D eigenvalue weighted by molar-refractivity contribution is -0.115. The number of rotatable bonds is 5. The van der Waals surface area contributed by atoms with Crippen LogP contribution in [0.4, 0.5) is 5.95 Å². The number of hydrogen-bond donors (Lipinski definition) is 0. The Morgan fingerprint density at radius 1 is 1.38 bits per heavy atom. The van der Waals surface area contributed by atoms with Gasteiger partial charge in [-0.3, -0.25) is 4.79 Å². The van der Waals surface area contributed by atoms with Crippen LogP contribution in [0.2, 0.25) is 0 Å². The van der Waals surface area contributed by atoms with Crippen molar-refractivity contribution >= 4 is 11.7 Å². The summed E-state index contributed by atoms with van der Waals surface area (Å²) in [6.07, 6.45) is 4.65. The van der Waals surface area contributed by atoms with Crippen LogP contribution in [0, 0.1) is 5.92 Å². The highest BCUT2D eigenvalue weighted by Gasteiger charge is 2.06. The van der Waals surface area contributed by atoms with E-state index < -0.39 is 0 Å². The minimum atomic E-state index is 0.109. The molecule has 4 heteroatoms. The van der Waals surface area contributed by atoms with E-state index in [0.29, 0.717) is 18.4 Å². The molecule has 4 nitrogen and oxygen atoms in total. The Kier molecular flexibility index (Phi) is 4.40. The maximum absolute atomic E-state index is 10.9. The fraction of sp³-hybridized carbons (Fsp3) is 0.583. The molecular formula is C12H19N3O. The molecule has 0 radical (unpaired) electrons. The van der Waals surface area contributed by atoms with Gasteiger partial charge in [0.1, 0.15) is 5.78 Å². The minimum absolute atomic E-state index is 0.109. The summed E-state index contributed by atoms with van der Waals surface area (Å²) in [5, 5.41) is 0. The summed E-state index contributed by atoms with van der Waals surface area (Å²) in [6, 6.07) is 0. The number of likely N-dealkylation sites (N-methyl/N-ethyl adjacent to an activating group) is 1. The van der Waals surface area contributed by atoms with E-state index in [1.165, 1.54) is 0 Å². The standard InChI is InChI=1S/C12H19N3O/c1-9(2)5-11-6-13-12(14-7-11)15(4)8-10(3)16/h6-7,9H,5,8H2,1-4H3. The predicted octanol–water partition coefficient (Wildman–Crippen LogP) is 1.70. The van der Waals surface area contributed by atoms with E-state index in [1.807, 2.05) is 19.4 Å². The molecule has 0 saturated heterocycles. The summed E-state index contributed by atoms with van der Waals surface area (Å²) >= 11 is 0. The normalized spacial score (nSPS) is 10.6. The van der Waals surface area contributed by atoms with Crippen molar-refractivity contribution in [3.63, 3.8) is 0 Å². The molecule has 0 amide bonds. The monoisotopic (exact) mass is 221 g/mol. The van der Waals surface area contributed by atoms with E-state index in [1.54, 1.807) is 11.8 Å². The molecule has 1 aromatic rings. The number of hydrogen-bond acceptors (Lipinski definition) is 4. The van der Waals surface area contributed by atoms with Crippen LogP contribution in [-0.4, -0.2) is 29.3 Å². The van der Waals surface area contributed by atoms with Crippen molar-refractivity contribution < 1.29 is 4.79 Å². The molecule has 0 N–H and O–H groups in total.